The normalized spacial score (nSPS) is 13.4. The number of H-pyrrole nitrogens is 1. The fraction of sp³-hybridized carbons (Fsp3) is 0.150. The Morgan fingerprint density at radius 3 is 2.16 bits per heavy atom. The number of nitrogens with one attached hydrogen (secondary N) is 1. The number of carbonyl (C=O) groups is 2. The molecule has 0 radical (unpaired) electrons. The lowest BCUT2D eigenvalue weighted by atomic mass is 10.1. The predicted molar refractivity (Wildman–Crippen MR) is 94.3 cm³/mol. The molecule has 0 bridgehead atoms. The fourth-order valence-electron chi connectivity index (χ4n) is 3.13. The van der Waals surface area contributed by atoms with Gasteiger partial charge in [0.2, 0.25) is 0 Å². The highest BCUT2D eigenvalue weighted by atomic mass is 16.2. The summed E-state index contributed by atoms with van der Waals surface area (Å²) in [6, 6.07) is 16.8. The molecule has 0 atom stereocenters. The van der Waals surface area contributed by atoms with Crippen molar-refractivity contribution in [1.82, 2.24) is 14.9 Å². The van der Waals surface area contributed by atoms with Crippen molar-refractivity contribution < 1.29 is 9.59 Å². The number of rotatable bonds is 4. The summed E-state index contributed by atoms with van der Waals surface area (Å²) in [7, 11) is 0. The van der Waals surface area contributed by atoms with Gasteiger partial charge in [0.25, 0.3) is 11.8 Å². The zero-order chi connectivity index (χ0) is 17.4. The third kappa shape index (κ3) is 2.63. The molecule has 4 rings (SSSR count). The second kappa shape index (κ2) is 6.02. The van der Waals surface area contributed by atoms with E-state index < -0.39 is 0 Å². The molecule has 0 saturated carbocycles. The predicted octanol–water partition coefficient (Wildman–Crippen LogP) is 3.22. The number of benzene rings is 2. The van der Waals surface area contributed by atoms with Gasteiger partial charge in [0, 0.05) is 24.2 Å². The molecule has 25 heavy (non-hydrogen) atoms. The summed E-state index contributed by atoms with van der Waals surface area (Å²) in [4.78, 5) is 34.1. The smallest absolute Gasteiger partial charge is 0.261 e. The number of imide groups is 1. The van der Waals surface area contributed by atoms with Crippen LogP contribution in [-0.4, -0.2) is 33.2 Å². The van der Waals surface area contributed by atoms with E-state index >= 15 is 0 Å². The number of aromatic nitrogens is 2. The Kier molecular flexibility index (Phi) is 3.69. The first-order chi connectivity index (χ1) is 12.1. The average molecular weight is 331 g/mol. The van der Waals surface area contributed by atoms with Gasteiger partial charge in [-0.05, 0) is 19.1 Å². The second-order valence-electron chi connectivity index (χ2n) is 6.08. The topological polar surface area (TPSA) is 66.1 Å². The van der Waals surface area contributed by atoms with Crippen LogP contribution in [0.5, 0.6) is 0 Å². The molecule has 0 saturated heterocycles. The molecule has 2 aromatic carbocycles. The van der Waals surface area contributed by atoms with Crippen LogP contribution in [0.3, 0.4) is 0 Å². The molecule has 0 unspecified atom stereocenters. The number of hydrogen-bond acceptors (Lipinski definition) is 3. The van der Waals surface area contributed by atoms with Crippen LogP contribution in [-0.2, 0) is 6.42 Å². The Morgan fingerprint density at radius 2 is 1.52 bits per heavy atom. The van der Waals surface area contributed by atoms with Gasteiger partial charge in [0.1, 0.15) is 5.82 Å². The molecule has 124 valence electrons. The van der Waals surface area contributed by atoms with E-state index in [1.54, 1.807) is 24.3 Å². The van der Waals surface area contributed by atoms with E-state index in [0.29, 0.717) is 24.1 Å². The minimum absolute atomic E-state index is 0.225. The third-order valence-electron chi connectivity index (χ3n) is 4.48. The van der Waals surface area contributed by atoms with Gasteiger partial charge < -0.3 is 4.98 Å². The van der Waals surface area contributed by atoms with E-state index in [2.05, 4.69) is 9.97 Å². The highest BCUT2D eigenvalue weighted by Gasteiger charge is 2.34. The molecular weight excluding hydrogens is 314 g/mol. The van der Waals surface area contributed by atoms with Gasteiger partial charge in [-0.3, -0.25) is 14.5 Å². The Labute approximate surface area is 145 Å². The van der Waals surface area contributed by atoms with E-state index in [1.165, 1.54) is 4.90 Å². The molecular formula is C20H17N3O2. The number of fused-ring (bicyclic) bond motifs is 1. The zero-order valence-corrected chi connectivity index (χ0v) is 13.8. The standard InChI is InChI=1S/C20H17N3O2/c1-13-17(22-18(21-13)14-7-3-2-4-8-14)11-12-23-19(24)15-9-5-6-10-16(15)20(23)25/h2-10H,11-12H2,1H3,(H,21,22). The monoisotopic (exact) mass is 331 g/mol. The van der Waals surface area contributed by atoms with Crippen molar-refractivity contribution in [3.05, 3.63) is 77.1 Å². The molecule has 0 spiro atoms. The Balaban J connectivity index is 1.52. The maximum Gasteiger partial charge on any atom is 0.261 e. The quantitative estimate of drug-likeness (QED) is 0.747. The van der Waals surface area contributed by atoms with Gasteiger partial charge in [-0.2, -0.15) is 0 Å². The molecule has 1 aliphatic heterocycles. The highest BCUT2D eigenvalue weighted by Crippen LogP contribution is 2.23. The van der Waals surface area contributed by atoms with Crippen LogP contribution in [0.1, 0.15) is 32.1 Å². The first-order valence-corrected chi connectivity index (χ1v) is 8.21. The molecule has 1 aromatic heterocycles. The van der Waals surface area contributed by atoms with Gasteiger partial charge in [-0.1, -0.05) is 42.5 Å². The average Bonchev–Trinajstić information content (AvgIpc) is 3.13. The lowest BCUT2D eigenvalue weighted by Gasteiger charge is -2.12. The lowest BCUT2D eigenvalue weighted by Crippen LogP contribution is -2.31. The van der Waals surface area contributed by atoms with E-state index in [9.17, 15) is 9.59 Å². The summed E-state index contributed by atoms with van der Waals surface area (Å²) in [6.45, 7) is 2.28. The van der Waals surface area contributed by atoms with Crippen molar-refractivity contribution in [3.63, 3.8) is 0 Å². The molecule has 5 nitrogen and oxygen atoms in total. The molecule has 2 heterocycles. The number of amides is 2. The van der Waals surface area contributed by atoms with E-state index in [0.717, 1.165) is 22.8 Å². The first-order valence-electron chi connectivity index (χ1n) is 8.21. The maximum atomic E-state index is 12.4. The minimum atomic E-state index is -0.225. The largest absolute Gasteiger partial charge is 0.342 e. The number of imidazole rings is 1. The van der Waals surface area contributed by atoms with Crippen LogP contribution < -0.4 is 0 Å². The highest BCUT2D eigenvalue weighted by molar-refractivity contribution is 6.21. The summed E-state index contributed by atoms with van der Waals surface area (Å²) < 4.78 is 0. The number of hydrogen-bond donors (Lipinski definition) is 1. The summed E-state index contributed by atoms with van der Waals surface area (Å²) in [5.41, 5.74) is 3.80. The van der Waals surface area contributed by atoms with Gasteiger partial charge in [0.05, 0.1) is 16.8 Å². The first kappa shape index (κ1) is 15.3. The van der Waals surface area contributed by atoms with Gasteiger partial charge in [-0.25, -0.2) is 4.98 Å². The van der Waals surface area contributed by atoms with E-state index in [1.807, 2.05) is 37.3 Å². The SMILES string of the molecule is Cc1[nH]c(-c2ccccc2)nc1CCN1C(=O)c2ccccc2C1=O. The molecule has 0 aliphatic carbocycles. The van der Waals surface area contributed by atoms with Crippen LogP contribution in [0.15, 0.2) is 54.6 Å². The van der Waals surface area contributed by atoms with Crippen molar-refractivity contribution in [1.29, 1.82) is 0 Å². The minimum Gasteiger partial charge on any atom is -0.342 e. The van der Waals surface area contributed by atoms with Crippen LogP contribution in [0.25, 0.3) is 11.4 Å². The third-order valence-corrected chi connectivity index (χ3v) is 4.48. The van der Waals surface area contributed by atoms with E-state index in [-0.39, 0.29) is 11.8 Å². The van der Waals surface area contributed by atoms with Crippen molar-refractivity contribution >= 4 is 11.8 Å². The summed E-state index contributed by atoms with van der Waals surface area (Å²) in [5.74, 6) is 0.351. The van der Waals surface area contributed by atoms with Gasteiger partial charge in [-0.15, -0.1) is 0 Å². The number of carbonyl (C=O) groups excluding carboxylic acids is 2. The van der Waals surface area contributed by atoms with Crippen LogP contribution in [0, 0.1) is 6.92 Å². The zero-order valence-electron chi connectivity index (χ0n) is 13.8. The number of aryl methyl sites for hydroxylation is 1. The number of aromatic amines is 1. The van der Waals surface area contributed by atoms with Crippen LogP contribution in [0.2, 0.25) is 0 Å². The molecule has 0 fully saturated rings. The lowest BCUT2D eigenvalue weighted by molar-refractivity contribution is 0.0656. The van der Waals surface area contributed by atoms with Crippen molar-refractivity contribution in [2.24, 2.45) is 0 Å². The second-order valence-corrected chi connectivity index (χ2v) is 6.08. The molecule has 1 aliphatic rings. The maximum absolute atomic E-state index is 12.4. The summed E-state index contributed by atoms with van der Waals surface area (Å²) in [6.07, 6.45) is 0.528. The van der Waals surface area contributed by atoms with Crippen LogP contribution in [0.4, 0.5) is 0 Å². The van der Waals surface area contributed by atoms with Gasteiger partial charge >= 0.3 is 0 Å². The molecule has 5 heteroatoms. The molecule has 3 aromatic rings. The van der Waals surface area contributed by atoms with Crippen molar-refractivity contribution in [2.45, 2.75) is 13.3 Å². The number of nitrogens with zero attached hydrogens (tertiary/aromatic N) is 2. The van der Waals surface area contributed by atoms with E-state index in [4.69, 9.17) is 0 Å². The summed E-state index contributed by atoms with van der Waals surface area (Å²) in [5, 5.41) is 0. The fourth-order valence-corrected chi connectivity index (χ4v) is 3.13. The Hall–Kier alpha value is -3.21. The molecule has 1 N–H and O–H groups in total. The molecule has 2 amide bonds. The Morgan fingerprint density at radius 1 is 0.920 bits per heavy atom. The Bertz CT molecular complexity index is 925. The van der Waals surface area contributed by atoms with Crippen molar-refractivity contribution in [3.8, 4) is 11.4 Å². The van der Waals surface area contributed by atoms with Gasteiger partial charge in [0.15, 0.2) is 0 Å². The van der Waals surface area contributed by atoms with Crippen molar-refractivity contribution in [2.75, 3.05) is 6.54 Å². The summed E-state index contributed by atoms with van der Waals surface area (Å²) >= 11 is 0. The van der Waals surface area contributed by atoms with Crippen LogP contribution >= 0.6 is 0 Å².